The Morgan fingerprint density at radius 1 is 0.923 bits per heavy atom. The molecule has 1 fully saturated rings. The van der Waals surface area contributed by atoms with Gasteiger partial charge in [0.1, 0.15) is 0 Å². The highest BCUT2D eigenvalue weighted by Gasteiger charge is 2.26. The van der Waals surface area contributed by atoms with E-state index >= 15 is 0 Å². The van der Waals surface area contributed by atoms with Crippen LogP contribution < -0.4 is 5.32 Å². The number of nitrogens with one attached hydrogen (secondary N) is 1. The molecule has 0 atom stereocenters. The van der Waals surface area contributed by atoms with Gasteiger partial charge in [0.05, 0.1) is 0 Å². The van der Waals surface area contributed by atoms with Crippen LogP contribution in [0.25, 0.3) is 11.1 Å². The fourth-order valence-electron chi connectivity index (χ4n) is 3.38. The maximum absolute atomic E-state index is 12.5. The number of carbonyl (C=O) groups excluding carboxylic acids is 2. The first-order valence-electron chi connectivity index (χ1n) is 9.03. The molecule has 3 amide bonds. The molecule has 0 saturated heterocycles. The maximum Gasteiger partial charge on any atom is 0.334 e. The van der Waals surface area contributed by atoms with Crippen LogP contribution in [0.15, 0.2) is 54.6 Å². The summed E-state index contributed by atoms with van der Waals surface area (Å²) >= 11 is 1.39. The van der Waals surface area contributed by atoms with Gasteiger partial charge >= 0.3 is 6.03 Å². The van der Waals surface area contributed by atoms with Crippen molar-refractivity contribution >= 4 is 23.9 Å². The van der Waals surface area contributed by atoms with Crippen LogP contribution in [0.3, 0.4) is 0 Å². The largest absolute Gasteiger partial charge is 0.334 e. The van der Waals surface area contributed by atoms with Crippen LogP contribution in [-0.2, 0) is 0 Å². The number of imide groups is 1. The highest BCUT2D eigenvalue weighted by atomic mass is 32.2. The molecule has 26 heavy (non-hydrogen) atoms. The molecule has 1 aliphatic carbocycles. The Morgan fingerprint density at radius 2 is 1.54 bits per heavy atom. The van der Waals surface area contributed by atoms with Crippen LogP contribution in [0.5, 0.6) is 0 Å². The van der Waals surface area contributed by atoms with Gasteiger partial charge in [-0.1, -0.05) is 61.7 Å². The van der Waals surface area contributed by atoms with Crippen LogP contribution >= 0.6 is 11.9 Å². The average molecular weight is 369 g/mol. The topological polar surface area (TPSA) is 49.4 Å². The Balaban J connectivity index is 1.64. The maximum atomic E-state index is 12.5. The molecule has 0 unspecified atom stereocenters. The number of urea groups is 1. The van der Waals surface area contributed by atoms with E-state index in [0.29, 0.717) is 5.56 Å². The molecule has 0 radical (unpaired) electrons. The summed E-state index contributed by atoms with van der Waals surface area (Å²) in [4.78, 5) is 25.0. The molecule has 3 rings (SSSR count). The number of rotatable bonds is 4. The van der Waals surface area contributed by atoms with Crippen LogP contribution in [0.1, 0.15) is 42.5 Å². The first-order chi connectivity index (χ1) is 12.7. The van der Waals surface area contributed by atoms with E-state index in [-0.39, 0.29) is 18.0 Å². The zero-order valence-electron chi connectivity index (χ0n) is 15.0. The summed E-state index contributed by atoms with van der Waals surface area (Å²) in [5, 5.41) is 2.53. The van der Waals surface area contributed by atoms with Crippen molar-refractivity contribution in [2.45, 2.75) is 38.1 Å². The molecule has 136 valence electrons. The summed E-state index contributed by atoms with van der Waals surface area (Å²) in [6.45, 7) is 0. The Hall–Kier alpha value is -2.27. The normalized spacial score (nSPS) is 14.7. The van der Waals surface area contributed by atoms with Crippen LogP contribution in [0.2, 0.25) is 0 Å². The van der Waals surface area contributed by atoms with E-state index in [9.17, 15) is 9.59 Å². The van der Waals surface area contributed by atoms with Gasteiger partial charge in [0.15, 0.2) is 0 Å². The molecule has 0 aliphatic heterocycles. The van der Waals surface area contributed by atoms with Gasteiger partial charge in [-0.05, 0) is 48.0 Å². The zero-order chi connectivity index (χ0) is 18.4. The van der Waals surface area contributed by atoms with Gasteiger partial charge in [-0.2, -0.15) is 0 Å². The molecule has 1 N–H and O–H groups in total. The molecule has 1 aliphatic rings. The van der Waals surface area contributed by atoms with Gasteiger partial charge in [-0.15, -0.1) is 0 Å². The first kappa shape index (κ1) is 18.5. The summed E-state index contributed by atoms with van der Waals surface area (Å²) in [5.74, 6) is -0.357. The van der Waals surface area contributed by atoms with Crippen molar-refractivity contribution in [3.05, 3.63) is 60.2 Å². The highest BCUT2D eigenvalue weighted by Crippen LogP contribution is 2.26. The van der Waals surface area contributed by atoms with E-state index in [4.69, 9.17) is 0 Å². The van der Waals surface area contributed by atoms with Gasteiger partial charge < -0.3 is 0 Å². The summed E-state index contributed by atoms with van der Waals surface area (Å²) in [5.41, 5.74) is 2.63. The van der Waals surface area contributed by atoms with Crippen molar-refractivity contribution < 1.29 is 9.59 Å². The number of benzene rings is 2. The van der Waals surface area contributed by atoms with Crippen LogP contribution in [-0.4, -0.2) is 28.5 Å². The highest BCUT2D eigenvalue weighted by molar-refractivity contribution is 7.96. The molecular formula is C21H24N2O2S. The molecule has 2 aromatic carbocycles. The quantitative estimate of drug-likeness (QED) is 0.762. The van der Waals surface area contributed by atoms with Crippen molar-refractivity contribution in [1.82, 2.24) is 9.62 Å². The third kappa shape index (κ3) is 4.47. The Kier molecular flexibility index (Phi) is 6.34. The number of amides is 3. The molecule has 0 heterocycles. The van der Waals surface area contributed by atoms with Crippen molar-refractivity contribution in [3.63, 3.8) is 0 Å². The van der Waals surface area contributed by atoms with Crippen molar-refractivity contribution in [3.8, 4) is 11.1 Å². The molecular weight excluding hydrogens is 344 g/mol. The van der Waals surface area contributed by atoms with Crippen LogP contribution in [0.4, 0.5) is 4.79 Å². The summed E-state index contributed by atoms with van der Waals surface area (Å²) in [7, 11) is 0. The van der Waals surface area contributed by atoms with E-state index in [0.717, 1.165) is 36.8 Å². The third-order valence-corrected chi connectivity index (χ3v) is 5.64. The van der Waals surface area contributed by atoms with E-state index < -0.39 is 0 Å². The monoisotopic (exact) mass is 368 g/mol. The predicted molar refractivity (Wildman–Crippen MR) is 107 cm³/mol. The summed E-state index contributed by atoms with van der Waals surface area (Å²) in [6, 6.07) is 17.2. The third-order valence-electron chi connectivity index (χ3n) is 4.78. The Bertz CT molecular complexity index is 740. The fraction of sp³-hybridized carbons (Fsp3) is 0.333. The fourth-order valence-corrected chi connectivity index (χ4v) is 4.10. The standard InChI is InChI=1S/C21H24N2O2S/c1-26-23(19-10-6-3-7-11-19)21(25)22-20(24)18-14-12-17(13-15-18)16-8-4-2-5-9-16/h2,4-5,8-9,12-15,19H,3,6-7,10-11H2,1H3,(H,22,24,25). The Morgan fingerprint density at radius 3 is 2.15 bits per heavy atom. The van der Waals surface area contributed by atoms with E-state index in [2.05, 4.69) is 5.32 Å². The molecule has 0 spiro atoms. The van der Waals surface area contributed by atoms with Gasteiger partial charge in [0.2, 0.25) is 0 Å². The smallest absolute Gasteiger partial charge is 0.273 e. The number of nitrogens with zero attached hydrogens (tertiary/aromatic N) is 1. The van der Waals surface area contributed by atoms with Crippen molar-refractivity contribution in [1.29, 1.82) is 0 Å². The molecule has 0 aromatic heterocycles. The molecule has 0 bridgehead atoms. The second-order valence-electron chi connectivity index (χ2n) is 6.50. The summed E-state index contributed by atoms with van der Waals surface area (Å²) < 4.78 is 1.72. The second-order valence-corrected chi connectivity index (χ2v) is 7.26. The zero-order valence-corrected chi connectivity index (χ0v) is 15.8. The second kappa shape index (κ2) is 8.90. The lowest BCUT2D eigenvalue weighted by molar-refractivity contribution is 0.0956. The predicted octanol–water partition coefficient (Wildman–Crippen LogP) is 5.12. The molecule has 1 saturated carbocycles. The lowest BCUT2D eigenvalue weighted by atomic mass is 9.96. The first-order valence-corrected chi connectivity index (χ1v) is 10.2. The minimum atomic E-state index is -0.357. The number of hydrogen-bond acceptors (Lipinski definition) is 3. The van der Waals surface area contributed by atoms with Gasteiger partial charge in [-0.3, -0.25) is 14.4 Å². The number of carbonyl (C=O) groups is 2. The molecule has 5 heteroatoms. The van der Waals surface area contributed by atoms with E-state index in [1.54, 1.807) is 16.4 Å². The number of hydrogen-bond donors (Lipinski definition) is 1. The minimum absolute atomic E-state index is 0.215. The van der Waals surface area contributed by atoms with Gasteiger partial charge in [-0.25, -0.2) is 4.79 Å². The summed E-state index contributed by atoms with van der Waals surface area (Å²) in [6.07, 6.45) is 7.41. The van der Waals surface area contributed by atoms with E-state index in [1.807, 2.05) is 48.7 Å². The lowest BCUT2D eigenvalue weighted by Crippen LogP contribution is -2.44. The van der Waals surface area contributed by atoms with E-state index in [1.165, 1.54) is 18.4 Å². The van der Waals surface area contributed by atoms with Crippen LogP contribution in [0, 0.1) is 0 Å². The minimum Gasteiger partial charge on any atom is -0.273 e. The molecule has 4 nitrogen and oxygen atoms in total. The van der Waals surface area contributed by atoms with Crippen molar-refractivity contribution in [2.24, 2.45) is 0 Å². The lowest BCUT2D eigenvalue weighted by Gasteiger charge is -2.31. The van der Waals surface area contributed by atoms with Gasteiger partial charge in [0.25, 0.3) is 5.91 Å². The SMILES string of the molecule is CSN(C(=O)NC(=O)c1ccc(-c2ccccc2)cc1)C1CCCCC1. The Labute approximate surface area is 159 Å². The van der Waals surface area contributed by atoms with Gasteiger partial charge in [0, 0.05) is 17.9 Å². The average Bonchev–Trinajstić information content (AvgIpc) is 2.70. The van der Waals surface area contributed by atoms with Crippen molar-refractivity contribution in [2.75, 3.05) is 6.26 Å². The molecule has 2 aromatic rings.